The van der Waals surface area contributed by atoms with E-state index < -0.39 is 19.0 Å². The summed E-state index contributed by atoms with van der Waals surface area (Å²) in [6.07, 6.45) is 0.645. The van der Waals surface area contributed by atoms with Gasteiger partial charge in [-0.25, -0.2) is 0 Å². The first kappa shape index (κ1) is 12.9. The number of carbonyl (C=O) groups excluding carboxylic acids is 2. The first-order valence-electron chi connectivity index (χ1n) is 4.41. The quantitative estimate of drug-likeness (QED) is 0.379. The molecular weight excluding hydrogens is 187 g/mol. The largest absolute Gasteiger partial charge is 0.475 e. The number of rotatable bonds is 6. The summed E-state index contributed by atoms with van der Waals surface area (Å²) >= 11 is 0. The summed E-state index contributed by atoms with van der Waals surface area (Å²) in [4.78, 5) is 21.6. The monoisotopic (exact) mass is 202 g/mol. The molecule has 0 rings (SSSR count). The van der Waals surface area contributed by atoms with Crippen molar-refractivity contribution in [2.75, 3.05) is 0 Å². The fraction of sp³-hybridized carbons (Fsp3) is 0.714. The molecule has 0 aliphatic rings. The van der Waals surface area contributed by atoms with Crippen LogP contribution >= 0.6 is 0 Å². The highest BCUT2D eigenvalue weighted by molar-refractivity contribution is 6.44. The molecule has 2 amide bonds. The zero-order chi connectivity index (χ0) is 11.1. The van der Waals surface area contributed by atoms with Crippen molar-refractivity contribution in [1.82, 2.24) is 5.32 Å². The standard InChI is InChI=1S/C7H15BN2O4/c1-2-3-7(12)10-5(8(13)14)4-6(9)11/h5,13-14H,2-4H2,1H3,(H2,9,11)(H,10,12). The van der Waals surface area contributed by atoms with Crippen LogP contribution < -0.4 is 11.1 Å². The lowest BCUT2D eigenvalue weighted by Crippen LogP contribution is -2.48. The minimum absolute atomic E-state index is 0.280. The van der Waals surface area contributed by atoms with Gasteiger partial charge in [0.2, 0.25) is 11.8 Å². The molecule has 0 aliphatic heterocycles. The number of nitrogens with two attached hydrogens (primary N) is 1. The van der Waals surface area contributed by atoms with Crippen molar-refractivity contribution in [3.8, 4) is 0 Å². The second kappa shape index (κ2) is 6.39. The van der Waals surface area contributed by atoms with Gasteiger partial charge < -0.3 is 21.1 Å². The summed E-state index contributed by atoms with van der Waals surface area (Å²) in [5.41, 5.74) is 4.87. The van der Waals surface area contributed by atoms with Gasteiger partial charge in [0.1, 0.15) is 0 Å². The van der Waals surface area contributed by atoms with Crippen LogP contribution in [0.25, 0.3) is 0 Å². The van der Waals surface area contributed by atoms with Gasteiger partial charge in [-0.15, -0.1) is 0 Å². The van der Waals surface area contributed by atoms with Crippen LogP contribution in [0.5, 0.6) is 0 Å². The molecule has 80 valence electrons. The summed E-state index contributed by atoms with van der Waals surface area (Å²) in [6, 6.07) is 0. The molecule has 0 aromatic heterocycles. The van der Waals surface area contributed by atoms with Gasteiger partial charge in [0.15, 0.2) is 0 Å². The van der Waals surface area contributed by atoms with Gasteiger partial charge in [-0.05, 0) is 6.42 Å². The molecule has 0 heterocycles. The Kier molecular flexibility index (Phi) is 5.90. The first-order valence-corrected chi connectivity index (χ1v) is 4.41. The number of amides is 2. The molecule has 0 aliphatic carbocycles. The fourth-order valence-corrected chi connectivity index (χ4v) is 0.954. The molecule has 0 saturated carbocycles. The number of primary amides is 1. The average molecular weight is 202 g/mol. The molecule has 0 fully saturated rings. The Balaban J connectivity index is 4.09. The van der Waals surface area contributed by atoms with E-state index in [-0.39, 0.29) is 18.7 Å². The molecule has 0 spiro atoms. The Morgan fingerprint density at radius 3 is 2.43 bits per heavy atom. The van der Waals surface area contributed by atoms with Gasteiger partial charge >= 0.3 is 7.12 Å². The van der Waals surface area contributed by atoms with Crippen LogP contribution in [0.1, 0.15) is 26.2 Å². The van der Waals surface area contributed by atoms with Gasteiger partial charge in [-0.3, -0.25) is 9.59 Å². The molecule has 0 aromatic rings. The summed E-state index contributed by atoms with van der Waals surface area (Å²) in [7, 11) is -1.77. The Morgan fingerprint density at radius 2 is 2.07 bits per heavy atom. The first-order chi connectivity index (χ1) is 6.47. The minimum atomic E-state index is -1.77. The fourth-order valence-electron chi connectivity index (χ4n) is 0.954. The van der Waals surface area contributed by atoms with Crippen LogP contribution in [0.2, 0.25) is 0 Å². The van der Waals surface area contributed by atoms with Gasteiger partial charge in [0.25, 0.3) is 0 Å². The molecule has 0 radical (unpaired) electrons. The van der Waals surface area contributed by atoms with E-state index in [1.54, 1.807) is 0 Å². The van der Waals surface area contributed by atoms with Crippen LogP contribution in [-0.4, -0.2) is 34.9 Å². The van der Waals surface area contributed by atoms with E-state index >= 15 is 0 Å². The third-order valence-corrected chi connectivity index (χ3v) is 1.60. The second-order valence-electron chi connectivity index (χ2n) is 3.01. The van der Waals surface area contributed by atoms with Crippen molar-refractivity contribution in [3.05, 3.63) is 0 Å². The highest BCUT2D eigenvalue weighted by Crippen LogP contribution is 1.95. The van der Waals surface area contributed by atoms with Gasteiger partial charge in [0, 0.05) is 12.8 Å². The maximum atomic E-state index is 11.1. The summed E-state index contributed by atoms with van der Waals surface area (Å²) in [6.45, 7) is 1.82. The van der Waals surface area contributed by atoms with E-state index in [0.29, 0.717) is 6.42 Å². The van der Waals surface area contributed by atoms with E-state index in [1.807, 2.05) is 6.92 Å². The Hall–Kier alpha value is -1.08. The maximum Gasteiger partial charge on any atom is 0.475 e. The molecule has 14 heavy (non-hydrogen) atoms. The number of hydrogen-bond acceptors (Lipinski definition) is 4. The lowest BCUT2D eigenvalue weighted by Gasteiger charge is -2.15. The topological polar surface area (TPSA) is 113 Å². The lowest BCUT2D eigenvalue weighted by atomic mass is 9.77. The summed E-state index contributed by atoms with van der Waals surface area (Å²) in [5, 5.41) is 19.9. The van der Waals surface area contributed by atoms with Crippen molar-refractivity contribution >= 4 is 18.9 Å². The third kappa shape index (κ3) is 5.55. The SMILES string of the molecule is CCCC(=O)NC(CC(N)=O)B(O)O. The summed E-state index contributed by atoms with van der Waals surface area (Å²) < 4.78 is 0. The van der Waals surface area contributed by atoms with Crippen molar-refractivity contribution in [1.29, 1.82) is 0 Å². The van der Waals surface area contributed by atoms with E-state index in [2.05, 4.69) is 5.32 Å². The molecule has 5 N–H and O–H groups in total. The molecule has 6 nitrogen and oxygen atoms in total. The van der Waals surface area contributed by atoms with E-state index in [4.69, 9.17) is 15.8 Å². The lowest BCUT2D eigenvalue weighted by molar-refractivity contribution is -0.122. The second-order valence-corrected chi connectivity index (χ2v) is 3.01. The molecular formula is C7H15BN2O4. The molecule has 1 atom stereocenters. The van der Waals surface area contributed by atoms with Crippen molar-refractivity contribution in [2.45, 2.75) is 32.1 Å². The third-order valence-electron chi connectivity index (χ3n) is 1.60. The van der Waals surface area contributed by atoms with E-state index in [0.717, 1.165) is 0 Å². The van der Waals surface area contributed by atoms with E-state index in [1.165, 1.54) is 0 Å². The Morgan fingerprint density at radius 1 is 1.50 bits per heavy atom. The highest BCUT2D eigenvalue weighted by atomic mass is 16.4. The van der Waals surface area contributed by atoms with Crippen LogP contribution in [0.15, 0.2) is 0 Å². The minimum Gasteiger partial charge on any atom is -0.426 e. The predicted octanol–water partition coefficient (Wildman–Crippen LogP) is -1.84. The van der Waals surface area contributed by atoms with Gasteiger partial charge in [-0.1, -0.05) is 6.92 Å². The maximum absolute atomic E-state index is 11.1. The van der Waals surface area contributed by atoms with Gasteiger partial charge in [0.05, 0.1) is 5.94 Å². The number of hydrogen-bond donors (Lipinski definition) is 4. The number of nitrogens with one attached hydrogen (secondary N) is 1. The highest BCUT2D eigenvalue weighted by Gasteiger charge is 2.26. The summed E-state index contributed by atoms with van der Waals surface area (Å²) in [5.74, 6) is -2.04. The molecule has 1 unspecified atom stereocenters. The molecule has 0 saturated heterocycles. The van der Waals surface area contributed by atoms with Crippen molar-refractivity contribution < 1.29 is 19.6 Å². The predicted molar refractivity (Wildman–Crippen MR) is 50.8 cm³/mol. The van der Waals surface area contributed by atoms with Crippen LogP contribution in [0, 0.1) is 0 Å². The van der Waals surface area contributed by atoms with Gasteiger partial charge in [-0.2, -0.15) is 0 Å². The number of carbonyl (C=O) groups is 2. The molecule has 7 heteroatoms. The molecule has 0 aromatic carbocycles. The van der Waals surface area contributed by atoms with Crippen LogP contribution in [0.4, 0.5) is 0 Å². The normalized spacial score (nSPS) is 11.9. The van der Waals surface area contributed by atoms with E-state index in [9.17, 15) is 9.59 Å². The smallest absolute Gasteiger partial charge is 0.426 e. The average Bonchev–Trinajstić information content (AvgIpc) is 2.02. The Labute approximate surface area is 82.6 Å². The van der Waals surface area contributed by atoms with Crippen molar-refractivity contribution in [2.24, 2.45) is 5.73 Å². The van der Waals surface area contributed by atoms with Crippen LogP contribution in [0.3, 0.4) is 0 Å². The zero-order valence-electron chi connectivity index (χ0n) is 8.06. The zero-order valence-corrected chi connectivity index (χ0v) is 8.06. The van der Waals surface area contributed by atoms with Crippen LogP contribution in [-0.2, 0) is 9.59 Å². The molecule has 0 bridgehead atoms. The Bertz CT molecular complexity index is 210. The van der Waals surface area contributed by atoms with Crippen molar-refractivity contribution in [3.63, 3.8) is 0 Å².